The first-order chi connectivity index (χ1) is 12.4. The van der Waals surface area contributed by atoms with Crippen LogP contribution in [0.3, 0.4) is 0 Å². The molecule has 2 aromatic carbocycles. The van der Waals surface area contributed by atoms with E-state index in [1.807, 2.05) is 42.5 Å². The summed E-state index contributed by atoms with van der Waals surface area (Å²) in [6.45, 7) is 0.370. The van der Waals surface area contributed by atoms with E-state index in [-0.39, 0.29) is 18.2 Å². The molecule has 136 valence electrons. The molecule has 1 heterocycles. The fraction of sp³-hybridized carbons (Fsp3) is 0.211. The number of carbonyl (C=O) groups is 1. The summed E-state index contributed by atoms with van der Waals surface area (Å²) in [5.41, 5.74) is 1.60. The third kappa shape index (κ3) is 4.65. The van der Waals surface area contributed by atoms with E-state index in [0.717, 1.165) is 5.56 Å². The van der Waals surface area contributed by atoms with Crippen molar-refractivity contribution < 1.29 is 13.2 Å². The lowest BCUT2D eigenvalue weighted by Crippen LogP contribution is -2.43. The summed E-state index contributed by atoms with van der Waals surface area (Å²) < 4.78 is 23.6. The minimum absolute atomic E-state index is 0.0287. The number of nitrogens with one attached hydrogen (secondary N) is 1. The molecule has 0 aromatic heterocycles. The van der Waals surface area contributed by atoms with Crippen molar-refractivity contribution in [1.29, 1.82) is 0 Å². The standard InChI is InChI=1S/C19H19ClN2O3S/c20-17-8-4-5-9-18(17)21-12-19(23)22(13-15-6-2-1-3-7-15)16-10-11-26(24,25)14-16/h1-11,16,21H,12-14H2/t16-/m0/s1. The van der Waals surface area contributed by atoms with Gasteiger partial charge < -0.3 is 10.2 Å². The van der Waals surface area contributed by atoms with Gasteiger partial charge in [-0.15, -0.1) is 0 Å². The third-order valence-corrected chi connectivity index (χ3v) is 5.84. The van der Waals surface area contributed by atoms with Gasteiger partial charge in [0.1, 0.15) is 0 Å². The molecule has 26 heavy (non-hydrogen) atoms. The Balaban J connectivity index is 1.75. The number of rotatable bonds is 6. The summed E-state index contributed by atoms with van der Waals surface area (Å²) in [4.78, 5) is 14.4. The smallest absolute Gasteiger partial charge is 0.242 e. The third-order valence-electron chi connectivity index (χ3n) is 4.13. The second kappa shape index (κ2) is 7.93. The predicted octanol–water partition coefficient (Wildman–Crippen LogP) is 3.09. The lowest BCUT2D eigenvalue weighted by molar-refractivity contribution is -0.131. The molecule has 2 aromatic rings. The maximum absolute atomic E-state index is 12.8. The van der Waals surface area contributed by atoms with Crippen LogP contribution in [-0.4, -0.2) is 37.6 Å². The van der Waals surface area contributed by atoms with Gasteiger partial charge in [0.05, 0.1) is 29.0 Å². The minimum atomic E-state index is -3.26. The Morgan fingerprint density at radius 1 is 1.12 bits per heavy atom. The second-order valence-electron chi connectivity index (χ2n) is 6.07. The van der Waals surface area contributed by atoms with E-state index in [2.05, 4.69) is 5.32 Å². The lowest BCUT2D eigenvalue weighted by Gasteiger charge is -2.28. The molecule has 0 aliphatic carbocycles. The van der Waals surface area contributed by atoms with Crippen LogP contribution in [0.25, 0.3) is 0 Å². The highest BCUT2D eigenvalue weighted by Gasteiger charge is 2.30. The van der Waals surface area contributed by atoms with E-state index < -0.39 is 15.9 Å². The van der Waals surface area contributed by atoms with E-state index in [1.165, 1.54) is 5.41 Å². The fourth-order valence-electron chi connectivity index (χ4n) is 2.80. The monoisotopic (exact) mass is 390 g/mol. The Morgan fingerprint density at radius 2 is 1.81 bits per heavy atom. The van der Waals surface area contributed by atoms with Crippen molar-refractivity contribution in [3.63, 3.8) is 0 Å². The van der Waals surface area contributed by atoms with E-state index in [1.54, 1.807) is 23.1 Å². The van der Waals surface area contributed by atoms with Crippen molar-refractivity contribution in [3.8, 4) is 0 Å². The summed E-state index contributed by atoms with van der Waals surface area (Å²) in [5.74, 6) is -0.280. The van der Waals surface area contributed by atoms with Crippen LogP contribution in [0.4, 0.5) is 5.69 Å². The molecule has 0 saturated carbocycles. The molecule has 7 heteroatoms. The van der Waals surface area contributed by atoms with Crippen molar-refractivity contribution in [2.45, 2.75) is 12.6 Å². The quantitative estimate of drug-likeness (QED) is 0.823. The van der Waals surface area contributed by atoms with E-state index in [4.69, 9.17) is 11.6 Å². The number of sulfone groups is 1. The normalized spacial score (nSPS) is 17.8. The van der Waals surface area contributed by atoms with Crippen molar-refractivity contribution in [3.05, 3.63) is 76.7 Å². The Kier molecular flexibility index (Phi) is 5.64. The van der Waals surface area contributed by atoms with Crippen LogP contribution in [0.2, 0.25) is 5.02 Å². The van der Waals surface area contributed by atoms with Crippen LogP contribution in [0.1, 0.15) is 5.56 Å². The summed E-state index contributed by atoms with van der Waals surface area (Å²) in [7, 11) is -3.26. The van der Waals surface area contributed by atoms with Gasteiger partial charge in [0.15, 0.2) is 9.84 Å². The first-order valence-electron chi connectivity index (χ1n) is 8.17. The van der Waals surface area contributed by atoms with Gasteiger partial charge in [0, 0.05) is 12.0 Å². The van der Waals surface area contributed by atoms with Gasteiger partial charge in [-0.1, -0.05) is 54.1 Å². The maximum atomic E-state index is 12.8. The number of anilines is 1. The zero-order valence-corrected chi connectivity index (χ0v) is 15.6. The summed E-state index contributed by atoms with van der Waals surface area (Å²) in [6.07, 6.45) is 1.58. The molecule has 0 spiro atoms. The largest absolute Gasteiger partial charge is 0.375 e. The molecule has 0 radical (unpaired) electrons. The lowest BCUT2D eigenvalue weighted by atomic mass is 10.1. The molecule has 1 N–H and O–H groups in total. The number of hydrogen-bond donors (Lipinski definition) is 1. The van der Waals surface area contributed by atoms with Gasteiger partial charge in [-0.25, -0.2) is 8.42 Å². The Hall–Kier alpha value is -2.31. The molecule has 3 rings (SSSR count). The van der Waals surface area contributed by atoms with Crippen LogP contribution < -0.4 is 5.32 Å². The van der Waals surface area contributed by atoms with Crippen molar-refractivity contribution in [2.75, 3.05) is 17.6 Å². The van der Waals surface area contributed by atoms with Gasteiger partial charge >= 0.3 is 0 Å². The van der Waals surface area contributed by atoms with Gasteiger partial charge in [-0.05, 0) is 23.8 Å². The van der Waals surface area contributed by atoms with Gasteiger partial charge in [0.2, 0.25) is 5.91 Å². The molecule has 1 atom stereocenters. The number of carbonyl (C=O) groups excluding carboxylic acids is 1. The second-order valence-corrected chi connectivity index (χ2v) is 8.40. The Bertz CT molecular complexity index is 913. The van der Waals surface area contributed by atoms with E-state index in [0.29, 0.717) is 17.3 Å². The number of hydrogen-bond acceptors (Lipinski definition) is 4. The SMILES string of the molecule is O=C(CNc1ccccc1Cl)N(Cc1ccccc1)[C@H]1C=CS(=O)(=O)C1. The van der Waals surface area contributed by atoms with Gasteiger partial charge in [0.25, 0.3) is 0 Å². The maximum Gasteiger partial charge on any atom is 0.242 e. The summed E-state index contributed by atoms with van der Waals surface area (Å²) >= 11 is 6.10. The number of halogens is 1. The van der Waals surface area contributed by atoms with E-state index in [9.17, 15) is 13.2 Å². The summed E-state index contributed by atoms with van der Waals surface area (Å²) in [6, 6.07) is 16.2. The van der Waals surface area contributed by atoms with Crippen LogP contribution in [-0.2, 0) is 21.2 Å². The Labute approximate surface area is 158 Å². The minimum Gasteiger partial charge on any atom is -0.375 e. The van der Waals surface area contributed by atoms with Gasteiger partial charge in [-0.2, -0.15) is 0 Å². The molecule has 1 aliphatic rings. The first-order valence-corrected chi connectivity index (χ1v) is 10.3. The molecule has 1 aliphatic heterocycles. The first kappa shape index (κ1) is 18.5. The molecule has 5 nitrogen and oxygen atoms in total. The molecular weight excluding hydrogens is 372 g/mol. The van der Waals surface area contributed by atoms with Gasteiger partial charge in [-0.3, -0.25) is 4.79 Å². The van der Waals surface area contributed by atoms with E-state index >= 15 is 0 Å². The molecule has 0 fully saturated rings. The Morgan fingerprint density at radius 3 is 2.46 bits per heavy atom. The highest BCUT2D eigenvalue weighted by atomic mass is 35.5. The summed E-state index contributed by atoms with van der Waals surface area (Å²) in [5, 5.41) is 4.74. The van der Waals surface area contributed by atoms with Crippen molar-refractivity contribution >= 4 is 33.0 Å². The topological polar surface area (TPSA) is 66.5 Å². The van der Waals surface area contributed by atoms with Crippen molar-refractivity contribution in [2.24, 2.45) is 0 Å². The molecule has 0 saturated heterocycles. The highest BCUT2D eigenvalue weighted by molar-refractivity contribution is 7.94. The van der Waals surface area contributed by atoms with Crippen LogP contribution >= 0.6 is 11.6 Å². The number of para-hydroxylation sites is 1. The molecule has 0 unspecified atom stereocenters. The van der Waals surface area contributed by atoms with Crippen LogP contribution in [0.15, 0.2) is 66.1 Å². The fourth-order valence-corrected chi connectivity index (χ4v) is 4.30. The molecular formula is C19H19ClN2O3S. The predicted molar refractivity (Wildman–Crippen MR) is 104 cm³/mol. The highest BCUT2D eigenvalue weighted by Crippen LogP contribution is 2.21. The number of benzene rings is 2. The van der Waals surface area contributed by atoms with Crippen LogP contribution in [0.5, 0.6) is 0 Å². The van der Waals surface area contributed by atoms with Crippen LogP contribution in [0, 0.1) is 0 Å². The zero-order chi connectivity index (χ0) is 18.6. The number of nitrogens with zero attached hydrogens (tertiary/aromatic N) is 1. The zero-order valence-electron chi connectivity index (χ0n) is 14.0. The number of amides is 1. The van der Waals surface area contributed by atoms with Crippen molar-refractivity contribution in [1.82, 2.24) is 4.90 Å². The average Bonchev–Trinajstić information content (AvgIpc) is 2.99. The molecule has 1 amide bonds. The molecule has 0 bridgehead atoms. The average molecular weight is 391 g/mol.